The Morgan fingerprint density at radius 1 is 0.792 bits per heavy atom. The molecule has 0 fully saturated rings. The number of aliphatic hydroxyl groups excluding tert-OH is 3. The maximum atomic E-state index is 11.1. The molecule has 0 spiro atoms. The fraction of sp³-hybridized carbons (Fsp3) is 0.800. The van der Waals surface area contributed by atoms with E-state index in [1.54, 1.807) is 20.8 Å². The lowest BCUT2D eigenvalue weighted by atomic mass is 10.4. The van der Waals surface area contributed by atoms with Gasteiger partial charge in [0.05, 0.1) is 13.2 Å². The fourth-order valence-electron chi connectivity index (χ4n) is 1.02. The standard InChI is InChI=1S/C12H20O6.C3H8O3/c1-4-10(13)16-7-9(18-12(15)6-3)8-17-11(14)5-2;4-1-3(6)2-5/h9H,4-8H2,1-3H3;3-6H,1-2H2. The average molecular weight is 352 g/mol. The predicted molar refractivity (Wildman–Crippen MR) is 82.8 cm³/mol. The van der Waals surface area contributed by atoms with Gasteiger partial charge in [-0.3, -0.25) is 14.4 Å². The van der Waals surface area contributed by atoms with Crippen LogP contribution in [0.5, 0.6) is 0 Å². The molecule has 0 amide bonds. The summed E-state index contributed by atoms with van der Waals surface area (Å²) < 4.78 is 14.7. The molecule has 0 bridgehead atoms. The minimum absolute atomic E-state index is 0.102. The predicted octanol–water partition coefficient (Wildman–Crippen LogP) is -0.453. The minimum atomic E-state index is -0.954. The van der Waals surface area contributed by atoms with Gasteiger partial charge in [0.2, 0.25) is 0 Å². The highest BCUT2D eigenvalue weighted by Crippen LogP contribution is 2.00. The molecule has 0 rings (SSSR count). The Morgan fingerprint density at radius 3 is 1.42 bits per heavy atom. The molecule has 0 atom stereocenters. The zero-order valence-corrected chi connectivity index (χ0v) is 14.4. The third kappa shape index (κ3) is 15.2. The van der Waals surface area contributed by atoms with Crippen molar-refractivity contribution in [2.75, 3.05) is 26.4 Å². The first-order valence-electron chi connectivity index (χ1n) is 7.74. The fourth-order valence-corrected chi connectivity index (χ4v) is 1.02. The van der Waals surface area contributed by atoms with Crippen molar-refractivity contribution in [1.29, 1.82) is 0 Å². The Balaban J connectivity index is 0. The number of aliphatic hydroxyl groups is 3. The zero-order valence-electron chi connectivity index (χ0n) is 14.4. The maximum Gasteiger partial charge on any atom is 0.306 e. The van der Waals surface area contributed by atoms with E-state index in [1.165, 1.54) is 0 Å². The molecule has 0 aromatic heterocycles. The number of ether oxygens (including phenoxy) is 3. The molecule has 0 aromatic carbocycles. The second kappa shape index (κ2) is 16.2. The van der Waals surface area contributed by atoms with Gasteiger partial charge in [-0.1, -0.05) is 20.8 Å². The summed E-state index contributed by atoms with van der Waals surface area (Å²) in [7, 11) is 0. The number of hydrogen-bond acceptors (Lipinski definition) is 9. The van der Waals surface area contributed by atoms with Gasteiger partial charge in [0.25, 0.3) is 0 Å². The molecule has 0 saturated heterocycles. The quantitative estimate of drug-likeness (QED) is 0.352. The smallest absolute Gasteiger partial charge is 0.306 e. The summed E-state index contributed by atoms with van der Waals surface area (Å²) in [6.07, 6.45) is -1.01. The van der Waals surface area contributed by atoms with Crippen LogP contribution in [0.4, 0.5) is 0 Å². The van der Waals surface area contributed by atoms with E-state index >= 15 is 0 Å². The van der Waals surface area contributed by atoms with Gasteiger partial charge in [0, 0.05) is 19.3 Å². The average Bonchev–Trinajstić information content (AvgIpc) is 2.62. The second-order valence-electron chi connectivity index (χ2n) is 4.56. The molecule has 0 aliphatic rings. The molecule has 3 N–H and O–H groups in total. The maximum absolute atomic E-state index is 11.1. The normalized spacial score (nSPS) is 10.0. The van der Waals surface area contributed by atoms with Crippen molar-refractivity contribution < 1.29 is 43.9 Å². The van der Waals surface area contributed by atoms with Gasteiger partial charge in [-0.2, -0.15) is 0 Å². The van der Waals surface area contributed by atoms with Crippen molar-refractivity contribution in [2.45, 2.75) is 52.2 Å². The molecule has 24 heavy (non-hydrogen) atoms. The Labute approximate surface area is 141 Å². The molecule has 0 aromatic rings. The van der Waals surface area contributed by atoms with Crippen molar-refractivity contribution in [2.24, 2.45) is 0 Å². The van der Waals surface area contributed by atoms with Gasteiger partial charge in [0.1, 0.15) is 19.3 Å². The summed E-state index contributed by atoms with van der Waals surface area (Å²) in [4.78, 5) is 33.1. The Kier molecular flexibility index (Phi) is 16.5. The van der Waals surface area contributed by atoms with Crippen LogP contribution >= 0.6 is 0 Å². The third-order valence-corrected chi connectivity index (χ3v) is 2.45. The molecule has 0 heterocycles. The van der Waals surface area contributed by atoms with Crippen LogP contribution in [-0.4, -0.2) is 71.9 Å². The van der Waals surface area contributed by atoms with Gasteiger partial charge in [-0.25, -0.2) is 0 Å². The first-order chi connectivity index (χ1) is 11.3. The van der Waals surface area contributed by atoms with Gasteiger partial charge in [-0.05, 0) is 0 Å². The van der Waals surface area contributed by atoms with Crippen molar-refractivity contribution in [3.8, 4) is 0 Å². The van der Waals surface area contributed by atoms with Crippen LogP contribution in [0.3, 0.4) is 0 Å². The van der Waals surface area contributed by atoms with E-state index in [-0.39, 0.29) is 45.7 Å². The Morgan fingerprint density at radius 2 is 1.17 bits per heavy atom. The van der Waals surface area contributed by atoms with Gasteiger partial charge >= 0.3 is 17.9 Å². The van der Waals surface area contributed by atoms with Crippen LogP contribution in [0.1, 0.15) is 40.0 Å². The first-order valence-corrected chi connectivity index (χ1v) is 7.74. The number of carbonyl (C=O) groups excluding carboxylic acids is 3. The molecule has 142 valence electrons. The van der Waals surface area contributed by atoms with E-state index in [2.05, 4.69) is 0 Å². The van der Waals surface area contributed by atoms with Gasteiger partial charge in [0.15, 0.2) is 6.10 Å². The van der Waals surface area contributed by atoms with Crippen LogP contribution in [0, 0.1) is 0 Å². The molecule has 0 unspecified atom stereocenters. The second-order valence-corrected chi connectivity index (χ2v) is 4.56. The highest BCUT2D eigenvalue weighted by molar-refractivity contribution is 5.70. The lowest BCUT2D eigenvalue weighted by Gasteiger charge is -2.17. The number of hydrogen-bond donors (Lipinski definition) is 3. The van der Waals surface area contributed by atoms with Crippen molar-refractivity contribution in [1.82, 2.24) is 0 Å². The molecule has 0 aliphatic heterocycles. The first kappa shape index (κ1) is 24.5. The summed E-state index contributed by atoms with van der Waals surface area (Å²) in [6, 6.07) is 0. The molecular weight excluding hydrogens is 324 g/mol. The summed E-state index contributed by atoms with van der Waals surface area (Å²) >= 11 is 0. The summed E-state index contributed by atoms with van der Waals surface area (Å²) in [5.74, 6) is -1.22. The molecule has 0 radical (unpaired) electrons. The summed E-state index contributed by atoms with van der Waals surface area (Å²) in [5.41, 5.74) is 0. The van der Waals surface area contributed by atoms with E-state index in [1.807, 2.05) is 0 Å². The monoisotopic (exact) mass is 352 g/mol. The van der Waals surface area contributed by atoms with Gasteiger partial charge < -0.3 is 29.5 Å². The van der Waals surface area contributed by atoms with Crippen LogP contribution in [0.2, 0.25) is 0 Å². The van der Waals surface area contributed by atoms with E-state index in [9.17, 15) is 14.4 Å². The zero-order chi connectivity index (χ0) is 19.0. The largest absolute Gasteiger partial charge is 0.462 e. The van der Waals surface area contributed by atoms with E-state index < -0.39 is 30.1 Å². The topological polar surface area (TPSA) is 140 Å². The molecule has 9 nitrogen and oxygen atoms in total. The number of carbonyl (C=O) groups is 3. The highest BCUT2D eigenvalue weighted by Gasteiger charge is 2.17. The Hall–Kier alpha value is -1.71. The van der Waals surface area contributed by atoms with Crippen LogP contribution in [0.15, 0.2) is 0 Å². The lowest BCUT2D eigenvalue weighted by Crippen LogP contribution is -2.30. The van der Waals surface area contributed by atoms with E-state index in [4.69, 9.17) is 29.5 Å². The van der Waals surface area contributed by atoms with Crippen LogP contribution < -0.4 is 0 Å². The SMILES string of the molecule is CCC(=O)OCC(COC(=O)CC)OC(=O)CC.OCC(O)CO. The highest BCUT2D eigenvalue weighted by atomic mass is 16.6. The van der Waals surface area contributed by atoms with E-state index in [0.717, 1.165) is 0 Å². The van der Waals surface area contributed by atoms with Crippen molar-refractivity contribution in [3.05, 3.63) is 0 Å². The Bertz CT molecular complexity index is 333. The lowest BCUT2D eigenvalue weighted by molar-refractivity contribution is -0.166. The van der Waals surface area contributed by atoms with Crippen molar-refractivity contribution >= 4 is 17.9 Å². The van der Waals surface area contributed by atoms with E-state index in [0.29, 0.717) is 0 Å². The number of esters is 3. The van der Waals surface area contributed by atoms with Crippen LogP contribution in [-0.2, 0) is 28.6 Å². The summed E-state index contributed by atoms with van der Waals surface area (Å²) in [6.45, 7) is 4.03. The molecule has 9 heteroatoms. The molecular formula is C15H28O9. The summed E-state index contributed by atoms with van der Waals surface area (Å²) in [5, 5.41) is 24.0. The minimum Gasteiger partial charge on any atom is -0.462 e. The molecule has 0 aliphatic carbocycles. The number of rotatable bonds is 10. The van der Waals surface area contributed by atoms with Crippen LogP contribution in [0.25, 0.3) is 0 Å². The van der Waals surface area contributed by atoms with Gasteiger partial charge in [-0.15, -0.1) is 0 Å². The van der Waals surface area contributed by atoms with Crippen molar-refractivity contribution in [3.63, 3.8) is 0 Å². The third-order valence-electron chi connectivity index (χ3n) is 2.45. The molecule has 0 saturated carbocycles.